The Balaban J connectivity index is 1.63. The molecule has 1 amide bonds. The lowest BCUT2D eigenvalue weighted by atomic mass is 10.1. The maximum absolute atomic E-state index is 12.9. The van der Waals surface area contributed by atoms with Gasteiger partial charge in [-0.3, -0.25) is 4.79 Å². The maximum Gasteiger partial charge on any atom is 0.252 e. The summed E-state index contributed by atoms with van der Waals surface area (Å²) < 4.78 is 10.6. The number of aromatic nitrogens is 1. The first-order valence-electron chi connectivity index (χ1n) is 8.59. The van der Waals surface area contributed by atoms with Crippen molar-refractivity contribution in [2.45, 2.75) is 6.54 Å². The largest absolute Gasteiger partial charge is 0.497 e. The van der Waals surface area contributed by atoms with Crippen LogP contribution in [0.3, 0.4) is 0 Å². The van der Waals surface area contributed by atoms with Crippen molar-refractivity contribution in [1.82, 2.24) is 10.3 Å². The van der Waals surface area contributed by atoms with Gasteiger partial charge in [-0.15, -0.1) is 0 Å². The molecule has 0 spiro atoms. The van der Waals surface area contributed by atoms with E-state index in [2.05, 4.69) is 10.3 Å². The van der Waals surface area contributed by atoms with Gasteiger partial charge in [0, 0.05) is 11.9 Å². The van der Waals surface area contributed by atoms with Crippen molar-refractivity contribution in [2.24, 2.45) is 0 Å². The fraction of sp³-hybridized carbons (Fsp3) is 0.0909. The number of fused-ring (bicyclic) bond motifs is 1. The van der Waals surface area contributed by atoms with Gasteiger partial charge in [0.05, 0.1) is 24.5 Å². The molecule has 5 heteroatoms. The zero-order chi connectivity index (χ0) is 18.6. The summed E-state index contributed by atoms with van der Waals surface area (Å²) in [5, 5.41) is 3.78. The van der Waals surface area contributed by atoms with E-state index in [1.165, 1.54) is 0 Å². The minimum absolute atomic E-state index is 0.155. The van der Waals surface area contributed by atoms with Crippen LogP contribution in [0.5, 0.6) is 5.75 Å². The molecule has 2 heterocycles. The number of rotatable bonds is 5. The molecule has 0 aliphatic heterocycles. The highest BCUT2D eigenvalue weighted by Crippen LogP contribution is 2.25. The van der Waals surface area contributed by atoms with E-state index in [0.717, 1.165) is 22.2 Å². The summed E-state index contributed by atoms with van der Waals surface area (Å²) in [6.45, 7) is 0.426. The third-order valence-corrected chi connectivity index (χ3v) is 4.35. The molecule has 0 saturated carbocycles. The molecule has 0 bridgehead atoms. The van der Waals surface area contributed by atoms with Gasteiger partial charge < -0.3 is 14.5 Å². The summed E-state index contributed by atoms with van der Waals surface area (Å²) >= 11 is 0. The molecule has 2 aromatic heterocycles. The first-order valence-corrected chi connectivity index (χ1v) is 8.59. The standard InChI is InChI=1S/C22H18N2O3/c1-26-16-10-8-15(9-11-16)14-23-22(25)18-13-20(21-7-4-12-27-21)24-19-6-3-2-5-17(18)19/h2-13H,14H2,1H3,(H,23,25). The molecular formula is C22H18N2O3. The predicted molar refractivity (Wildman–Crippen MR) is 104 cm³/mol. The van der Waals surface area contributed by atoms with Gasteiger partial charge in [0.2, 0.25) is 0 Å². The van der Waals surface area contributed by atoms with Crippen LogP contribution >= 0.6 is 0 Å². The molecule has 0 unspecified atom stereocenters. The lowest BCUT2D eigenvalue weighted by molar-refractivity contribution is 0.0952. The minimum Gasteiger partial charge on any atom is -0.497 e. The molecule has 0 aliphatic carbocycles. The van der Waals surface area contributed by atoms with Gasteiger partial charge in [-0.2, -0.15) is 0 Å². The molecule has 0 fully saturated rings. The van der Waals surface area contributed by atoms with Gasteiger partial charge in [0.15, 0.2) is 5.76 Å². The van der Waals surface area contributed by atoms with Crippen LogP contribution in [-0.4, -0.2) is 18.0 Å². The minimum atomic E-state index is -0.155. The molecule has 2 aromatic carbocycles. The molecular weight excluding hydrogens is 340 g/mol. The summed E-state index contributed by atoms with van der Waals surface area (Å²) in [6.07, 6.45) is 1.59. The van der Waals surface area contributed by atoms with Gasteiger partial charge in [0.25, 0.3) is 5.91 Å². The summed E-state index contributed by atoms with van der Waals surface area (Å²) in [5.74, 6) is 1.26. The van der Waals surface area contributed by atoms with Crippen LogP contribution in [-0.2, 0) is 6.54 Å². The van der Waals surface area contributed by atoms with Crippen molar-refractivity contribution in [3.05, 3.63) is 84.1 Å². The van der Waals surface area contributed by atoms with Crippen molar-refractivity contribution >= 4 is 16.8 Å². The van der Waals surface area contributed by atoms with Crippen LogP contribution in [0.1, 0.15) is 15.9 Å². The third-order valence-electron chi connectivity index (χ3n) is 4.35. The van der Waals surface area contributed by atoms with E-state index < -0.39 is 0 Å². The Labute approximate surface area is 156 Å². The number of carbonyl (C=O) groups is 1. The Morgan fingerprint density at radius 3 is 2.63 bits per heavy atom. The molecule has 0 radical (unpaired) electrons. The van der Waals surface area contributed by atoms with Crippen LogP contribution in [0.15, 0.2) is 77.4 Å². The van der Waals surface area contributed by atoms with Crippen LogP contribution in [0, 0.1) is 0 Å². The fourth-order valence-electron chi connectivity index (χ4n) is 2.93. The molecule has 4 aromatic rings. The first kappa shape index (κ1) is 16.8. The summed E-state index contributed by atoms with van der Waals surface area (Å²) in [6, 6.07) is 20.6. The highest BCUT2D eigenvalue weighted by atomic mass is 16.5. The number of hydrogen-bond acceptors (Lipinski definition) is 4. The number of carbonyl (C=O) groups excluding carboxylic acids is 1. The second-order valence-electron chi connectivity index (χ2n) is 6.08. The number of nitrogens with zero attached hydrogens (tertiary/aromatic N) is 1. The lowest BCUT2D eigenvalue weighted by Gasteiger charge is -2.10. The Morgan fingerprint density at radius 1 is 1.07 bits per heavy atom. The van der Waals surface area contributed by atoms with Crippen LogP contribution in [0.25, 0.3) is 22.4 Å². The second-order valence-corrected chi connectivity index (χ2v) is 6.08. The number of hydrogen-bond donors (Lipinski definition) is 1. The Morgan fingerprint density at radius 2 is 1.89 bits per heavy atom. The van der Waals surface area contributed by atoms with Gasteiger partial charge in [-0.05, 0) is 42.0 Å². The van der Waals surface area contributed by atoms with E-state index in [0.29, 0.717) is 23.6 Å². The average Bonchev–Trinajstić information content (AvgIpc) is 3.26. The molecule has 1 N–H and O–H groups in total. The van der Waals surface area contributed by atoms with Crippen molar-refractivity contribution in [3.63, 3.8) is 0 Å². The number of nitrogens with one attached hydrogen (secondary N) is 1. The van der Waals surface area contributed by atoms with Gasteiger partial charge in [-0.1, -0.05) is 30.3 Å². The molecule has 27 heavy (non-hydrogen) atoms. The highest BCUT2D eigenvalue weighted by molar-refractivity contribution is 6.07. The number of para-hydroxylation sites is 1. The van der Waals surface area contributed by atoms with Gasteiger partial charge in [0.1, 0.15) is 11.4 Å². The Kier molecular flexibility index (Phi) is 4.58. The normalized spacial score (nSPS) is 10.7. The van der Waals surface area contributed by atoms with E-state index in [4.69, 9.17) is 9.15 Å². The number of pyridine rings is 1. The quantitative estimate of drug-likeness (QED) is 0.573. The number of benzene rings is 2. The SMILES string of the molecule is COc1ccc(CNC(=O)c2cc(-c3ccco3)nc3ccccc23)cc1. The molecule has 4 rings (SSSR count). The van der Waals surface area contributed by atoms with E-state index in [9.17, 15) is 4.79 Å². The summed E-state index contributed by atoms with van der Waals surface area (Å²) in [5.41, 5.74) is 2.95. The van der Waals surface area contributed by atoms with Crippen LogP contribution < -0.4 is 10.1 Å². The second kappa shape index (κ2) is 7.33. The van der Waals surface area contributed by atoms with Crippen LogP contribution in [0.4, 0.5) is 0 Å². The first-order chi connectivity index (χ1) is 13.2. The molecule has 0 aliphatic rings. The van der Waals surface area contributed by atoms with Crippen LogP contribution in [0.2, 0.25) is 0 Å². The highest BCUT2D eigenvalue weighted by Gasteiger charge is 2.14. The van der Waals surface area contributed by atoms with Crippen molar-refractivity contribution in [3.8, 4) is 17.2 Å². The molecule has 134 valence electrons. The monoisotopic (exact) mass is 358 g/mol. The number of methoxy groups -OCH3 is 1. The van der Waals surface area contributed by atoms with Crippen molar-refractivity contribution in [2.75, 3.05) is 7.11 Å². The van der Waals surface area contributed by atoms with E-state index in [1.807, 2.05) is 54.6 Å². The number of amides is 1. The number of ether oxygens (including phenoxy) is 1. The van der Waals surface area contributed by atoms with Crippen molar-refractivity contribution in [1.29, 1.82) is 0 Å². The zero-order valence-electron chi connectivity index (χ0n) is 14.8. The summed E-state index contributed by atoms with van der Waals surface area (Å²) in [7, 11) is 1.63. The lowest BCUT2D eigenvalue weighted by Crippen LogP contribution is -2.23. The topological polar surface area (TPSA) is 64.4 Å². The van der Waals surface area contributed by atoms with E-state index in [-0.39, 0.29) is 5.91 Å². The third kappa shape index (κ3) is 3.53. The molecule has 5 nitrogen and oxygen atoms in total. The predicted octanol–water partition coefficient (Wildman–Crippen LogP) is 4.43. The average molecular weight is 358 g/mol. The van der Waals surface area contributed by atoms with Gasteiger partial charge in [-0.25, -0.2) is 4.98 Å². The van der Waals surface area contributed by atoms with E-state index in [1.54, 1.807) is 25.5 Å². The molecule has 0 atom stereocenters. The fourth-order valence-corrected chi connectivity index (χ4v) is 2.93. The van der Waals surface area contributed by atoms with Crippen molar-refractivity contribution < 1.29 is 13.9 Å². The summed E-state index contributed by atoms with van der Waals surface area (Å²) in [4.78, 5) is 17.5. The van der Waals surface area contributed by atoms with E-state index >= 15 is 0 Å². The maximum atomic E-state index is 12.9. The Hall–Kier alpha value is -3.60. The Bertz CT molecular complexity index is 1070. The molecule has 0 saturated heterocycles. The van der Waals surface area contributed by atoms with Gasteiger partial charge >= 0.3 is 0 Å². The zero-order valence-corrected chi connectivity index (χ0v) is 14.8. The smallest absolute Gasteiger partial charge is 0.252 e. The number of furan rings is 1.